The van der Waals surface area contributed by atoms with Crippen LogP contribution in [0.5, 0.6) is 0 Å². The maximum atomic E-state index is 11.7. The fourth-order valence-corrected chi connectivity index (χ4v) is 6.61. The topological polar surface area (TPSA) is 79.8 Å². The number of nitrogens with one attached hydrogen (secondary N) is 2. The molecule has 2 saturated carbocycles. The molecule has 6 nitrogen and oxygen atoms in total. The number of guanidine groups is 1. The molecule has 2 aliphatic heterocycles. The minimum absolute atomic E-state index is 0.175. The maximum absolute atomic E-state index is 11.7. The van der Waals surface area contributed by atoms with Crippen molar-refractivity contribution in [1.29, 1.82) is 0 Å². The Morgan fingerprint density at radius 2 is 1.74 bits per heavy atom. The van der Waals surface area contributed by atoms with Crippen LogP contribution < -0.4 is 10.6 Å². The monoisotopic (exact) mass is 397 g/mol. The van der Waals surface area contributed by atoms with Gasteiger partial charge in [0.05, 0.1) is 17.6 Å². The summed E-state index contributed by atoms with van der Waals surface area (Å²) in [5.41, 5.74) is 0. The quantitative estimate of drug-likeness (QED) is 0.549. The van der Waals surface area contributed by atoms with Gasteiger partial charge in [0.25, 0.3) is 0 Å². The fourth-order valence-electron chi connectivity index (χ4n) is 4.76. The first-order chi connectivity index (χ1) is 13.1. The lowest BCUT2D eigenvalue weighted by Crippen LogP contribution is -2.50. The molecule has 154 valence electrons. The highest BCUT2D eigenvalue weighted by molar-refractivity contribution is 7.91. The molecule has 4 aliphatic rings. The minimum atomic E-state index is -2.83. The van der Waals surface area contributed by atoms with E-state index in [0.29, 0.717) is 36.2 Å². The van der Waals surface area contributed by atoms with Gasteiger partial charge in [-0.2, -0.15) is 0 Å². The molecule has 3 atom stereocenters. The van der Waals surface area contributed by atoms with Crippen LogP contribution in [-0.4, -0.2) is 57.2 Å². The van der Waals surface area contributed by atoms with Crippen LogP contribution in [0.3, 0.4) is 0 Å². The Hall–Kier alpha value is -0.820. The standard InChI is InChI=1S/C20H35N3O3S/c24-27(25)11-9-15(14-27)13-21-20(22-17-4-2-1-3-5-17)23-18-8-10-26-19(12-18)16-6-7-16/h15-19H,1-14H2,(H2,21,22,23). The van der Waals surface area contributed by atoms with E-state index < -0.39 is 9.84 Å². The lowest BCUT2D eigenvalue weighted by molar-refractivity contribution is -0.00829. The molecule has 0 aromatic rings. The third-order valence-electron chi connectivity index (χ3n) is 6.58. The van der Waals surface area contributed by atoms with E-state index in [9.17, 15) is 8.42 Å². The van der Waals surface area contributed by atoms with Crippen molar-refractivity contribution in [3.8, 4) is 0 Å². The SMILES string of the molecule is O=S1(=O)CCC(CN=C(NC2CCCCC2)NC2CCOC(C3CC3)C2)C1. The molecular weight excluding hydrogens is 362 g/mol. The van der Waals surface area contributed by atoms with Gasteiger partial charge in [-0.1, -0.05) is 19.3 Å². The highest BCUT2D eigenvalue weighted by atomic mass is 32.2. The van der Waals surface area contributed by atoms with Crippen LogP contribution in [-0.2, 0) is 14.6 Å². The van der Waals surface area contributed by atoms with Crippen molar-refractivity contribution in [3.05, 3.63) is 0 Å². The average Bonchev–Trinajstić information content (AvgIpc) is 3.45. The van der Waals surface area contributed by atoms with E-state index in [2.05, 4.69) is 10.6 Å². The lowest BCUT2D eigenvalue weighted by Gasteiger charge is -2.33. The molecule has 2 N–H and O–H groups in total. The van der Waals surface area contributed by atoms with E-state index >= 15 is 0 Å². The first-order valence-corrected chi connectivity index (χ1v) is 12.8. The largest absolute Gasteiger partial charge is 0.378 e. The Labute approximate surface area is 163 Å². The van der Waals surface area contributed by atoms with E-state index in [1.807, 2.05) is 0 Å². The van der Waals surface area contributed by atoms with Gasteiger partial charge >= 0.3 is 0 Å². The second-order valence-electron chi connectivity index (χ2n) is 9.05. The first kappa shape index (κ1) is 19.5. The summed E-state index contributed by atoms with van der Waals surface area (Å²) >= 11 is 0. The molecular formula is C20H35N3O3S. The Bertz CT molecular complexity index is 626. The van der Waals surface area contributed by atoms with Crippen LogP contribution in [0.4, 0.5) is 0 Å². The molecule has 0 aromatic heterocycles. The van der Waals surface area contributed by atoms with Gasteiger partial charge in [0.15, 0.2) is 15.8 Å². The molecule has 7 heteroatoms. The van der Waals surface area contributed by atoms with Crippen molar-refractivity contribution < 1.29 is 13.2 Å². The number of aliphatic imine (C=N–C) groups is 1. The molecule has 2 heterocycles. The smallest absolute Gasteiger partial charge is 0.191 e. The Kier molecular flexibility index (Phi) is 6.27. The molecule has 4 rings (SSSR count). The number of sulfone groups is 1. The third-order valence-corrected chi connectivity index (χ3v) is 8.42. The summed E-state index contributed by atoms with van der Waals surface area (Å²) in [6, 6.07) is 0.905. The van der Waals surface area contributed by atoms with Crippen molar-refractivity contribution in [1.82, 2.24) is 10.6 Å². The molecule has 0 aromatic carbocycles. The number of ether oxygens (including phenoxy) is 1. The van der Waals surface area contributed by atoms with E-state index in [0.717, 1.165) is 37.7 Å². The highest BCUT2D eigenvalue weighted by Gasteiger charge is 2.36. The van der Waals surface area contributed by atoms with Crippen LogP contribution in [0.2, 0.25) is 0 Å². The van der Waals surface area contributed by atoms with Gasteiger partial charge < -0.3 is 15.4 Å². The zero-order valence-electron chi connectivity index (χ0n) is 16.4. The van der Waals surface area contributed by atoms with Crippen molar-refractivity contribution in [2.45, 2.75) is 82.4 Å². The molecule has 0 amide bonds. The highest BCUT2D eigenvalue weighted by Crippen LogP contribution is 2.38. The molecule has 4 fully saturated rings. The minimum Gasteiger partial charge on any atom is -0.378 e. The van der Waals surface area contributed by atoms with Gasteiger partial charge in [0.1, 0.15) is 0 Å². The van der Waals surface area contributed by atoms with Crippen LogP contribution >= 0.6 is 0 Å². The number of rotatable bonds is 5. The zero-order valence-corrected chi connectivity index (χ0v) is 17.2. The summed E-state index contributed by atoms with van der Waals surface area (Å²) < 4.78 is 29.4. The molecule has 0 radical (unpaired) electrons. The molecule has 2 saturated heterocycles. The number of nitrogens with zero attached hydrogens (tertiary/aromatic N) is 1. The third kappa shape index (κ3) is 5.83. The summed E-state index contributed by atoms with van der Waals surface area (Å²) in [6.07, 6.45) is 12.2. The normalized spacial score (nSPS) is 35.1. The number of hydrogen-bond donors (Lipinski definition) is 2. The van der Waals surface area contributed by atoms with Gasteiger partial charge in [-0.15, -0.1) is 0 Å². The molecule has 0 bridgehead atoms. The maximum Gasteiger partial charge on any atom is 0.191 e. The molecule has 27 heavy (non-hydrogen) atoms. The zero-order chi connectivity index (χ0) is 18.7. The van der Waals surface area contributed by atoms with Crippen molar-refractivity contribution in [3.63, 3.8) is 0 Å². The summed E-state index contributed by atoms with van der Waals surface area (Å²) in [7, 11) is -2.83. The van der Waals surface area contributed by atoms with Gasteiger partial charge in [-0.05, 0) is 56.8 Å². The molecule has 3 unspecified atom stereocenters. The second-order valence-corrected chi connectivity index (χ2v) is 11.3. The van der Waals surface area contributed by atoms with Gasteiger partial charge in [-0.25, -0.2) is 8.42 Å². The van der Waals surface area contributed by atoms with Crippen molar-refractivity contribution >= 4 is 15.8 Å². The van der Waals surface area contributed by atoms with Crippen molar-refractivity contribution in [2.24, 2.45) is 16.8 Å². The first-order valence-electron chi connectivity index (χ1n) is 11.0. The fraction of sp³-hybridized carbons (Fsp3) is 0.950. The molecule has 2 aliphatic carbocycles. The average molecular weight is 398 g/mol. The summed E-state index contributed by atoms with van der Waals surface area (Å²) in [4.78, 5) is 4.83. The van der Waals surface area contributed by atoms with E-state index in [1.54, 1.807) is 0 Å². The summed E-state index contributed by atoms with van der Waals surface area (Å²) in [6.45, 7) is 1.44. The van der Waals surface area contributed by atoms with E-state index in [1.165, 1.54) is 44.9 Å². The van der Waals surface area contributed by atoms with Crippen LogP contribution in [0.25, 0.3) is 0 Å². The second kappa shape index (κ2) is 8.68. The van der Waals surface area contributed by atoms with Gasteiger partial charge in [0.2, 0.25) is 0 Å². The molecule has 0 spiro atoms. The van der Waals surface area contributed by atoms with Crippen molar-refractivity contribution in [2.75, 3.05) is 24.7 Å². The summed E-state index contributed by atoms with van der Waals surface area (Å²) in [5.74, 6) is 2.47. The summed E-state index contributed by atoms with van der Waals surface area (Å²) in [5, 5.41) is 7.33. The van der Waals surface area contributed by atoms with Crippen LogP contribution in [0.15, 0.2) is 4.99 Å². The van der Waals surface area contributed by atoms with Crippen LogP contribution in [0.1, 0.15) is 64.2 Å². The van der Waals surface area contributed by atoms with E-state index in [-0.39, 0.29) is 5.92 Å². The lowest BCUT2D eigenvalue weighted by atomic mass is 9.95. The predicted octanol–water partition coefficient (Wildman–Crippen LogP) is 2.25. The van der Waals surface area contributed by atoms with Gasteiger partial charge in [0, 0.05) is 25.2 Å². The van der Waals surface area contributed by atoms with E-state index in [4.69, 9.17) is 9.73 Å². The Morgan fingerprint density at radius 3 is 2.44 bits per heavy atom. The predicted molar refractivity (Wildman–Crippen MR) is 108 cm³/mol. The Balaban J connectivity index is 1.36. The van der Waals surface area contributed by atoms with Crippen LogP contribution in [0, 0.1) is 11.8 Å². The number of hydrogen-bond acceptors (Lipinski definition) is 4. The van der Waals surface area contributed by atoms with Gasteiger partial charge in [-0.3, -0.25) is 4.99 Å². The Morgan fingerprint density at radius 1 is 0.963 bits per heavy atom.